The van der Waals surface area contributed by atoms with Crippen LogP contribution < -0.4 is 5.32 Å². The third kappa shape index (κ3) is 5.52. The molecule has 0 aliphatic carbocycles. The highest BCUT2D eigenvalue weighted by Gasteiger charge is 2.52. The first kappa shape index (κ1) is 23.7. The van der Waals surface area contributed by atoms with E-state index in [0.717, 1.165) is 22.2 Å². The van der Waals surface area contributed by atoms with Crippen LogP contribution in [-0.2, 0) is 20.7 Å². The lowest BCUT2D eigenvalue weighted by molar-refractivity contribution is 0.00578. The van der Waals surface area contributed by atoms with Crippen molar-refractivity contribution in [3.05, 3.63) is 71.2 Å². The van der Waals surface area contributed by atoms with E-state index in [1.165, 1.54) is 0 Å². The van der Waals surface area contributed by atoms with Crippen LogP contribution in [0.2, 0.25) is 0 Å². The number of ether oxygens (including phenoxy) is 1. The smallest absolute Gasteiger partial charge is 0.445 e. The van der Waals surface area contributed by atoms with Crippen molar-refractivity contribution in [3.63, 3.8) is 0 Å². The highest BCUT2D eigenvalue weighted by molar-refractivity contribution is 6.56. The van der Waals surface area contributed by atoms with Crippen molar-refractivity contribution in [2.75, 3.05) is 6.54 Å². The highest BCUT2D eigenvalue weighted by Crippen LogP contribution is 2.38. The van der Waals surface area contributed by atoms with Crippen molar-refractivity contribution in [1.29, 1.82) is 0 Å². The predicted octanol–water partition coefficient (Wildman–Crippen LogP) is 3.81. The predicted molar refractivity (Wildman–Crippen MR) is 128 cm³/mol. The number of hydrogen-bond acceptors (Lipinski definition) is 7. The number of nitrogens with one attached hydrogen (secondary N) is 2. The number of benzene rings is 2. The van der Waals surface area contributed by atoms with Crippen molar-refractivity contribution >= 4 is 19.3 Å². The summed E-state index contributed by atoms with van der Waals surface area (Å²) in [5.74, 6) is 0.518. The average molecular weight is 461 g/mol. The van der Waals surface area contributed by atoms with Gasteiger partial charge in [-0.15, -0.1) is 10.2 Å². The van der Waals surface area contributed by atoms with Gasteiger partial charge in [0.1, 0.15) is 6.61 Å². The van der Waals surface area contributed by atoms with Gasteiger partial charge in [0.05, 0.1) is 11.2 Å². The standard InChI is InChI=1S/C24H28BN5O4/c1-23(2)24(3,4)34-25(33-23)20(15-26-22(31)32-16-18-8-6-5-7-9-18)14-17-10-12-19(13-11-17)21-27-29-30-28-21/h5-14H,15-16H2,1-4H3,(H,26,31)(H,27,28,29,30). The zero-order valence-electron chi connectivity index (χ0n) is 19.7. The van der Waals surface area contributed by atoms with Crippen LogP contribution in [0.1, 0.15) is 38.8 Å². The molecule has 1 aliphatic heterocycles. The van der Waals surface area contributed by atoms with Gasteiger partial charge in [0.2, 0.25) is 5.82 Å². The number of amides is 1. The second-order valence-electron chi connectivity index (χ2n) is 9.08. The summed E-state index contributed by atoms with van der Waals surface area (Å²) in [5.41, 5.74) is 2.42. The Morgan fingerprint density at radius 2 is 1.74 bits per heavy atom. The molecule has 4 rings (SSSR count). The van der Waals surface area contributed by atoms with Crippen molar-refractivity contribution in [2.45, 2.75) is 45.5 Å². The summed E-state index contributed by atoms with van der Waals surface area (Å²) < 4.78 is 17.8. The van der Waals surface area contributed by atoms with Crippen molar-refractivity contribution < 1.29 is 18.8 Å². The van der Waals surface area contributed by atoms with Gasteiger partial charge in [-0.1, -0.05) is 60.7 Å². The van der Waals surface area contributed by atoms with E-state index < -0.39 is 24.4 Å². The molecule has 1 aromatic heterocycles. The quantitative estimate of drug-likeness (QED) is 0.515. The molecule has 1 saturated heterocycles. The summed E-state index contributed by atoms with van der Waals surface area (Å²) in [6, 6.07) is 17.2. The van der Waals surface area contributed by atoms with Crippen molar-refractivity contribution in [3.8, 4) is 11.4 Å². The molecular formula is C24H28BN5O4. The fraction of sp³-hybridized carbons (Fsp3) is 0.333. The van der Waals surface area contributed by atoms with Crippen LogP contribution in [0, 0.1) is 0 Å². The van der Waals surface area contributed by atoms with Crippen LogP contribution in [0.25, 0.3) is 17.5 Å². The van der Waals surface area contributed by atoms with Crippen molar-refractivity contribution in [1.82, 2.24) is 25.9 Å². The Kier molecular flexibility index (Phi) is 6.81. The van der Waals surface area contributed by atoms with Gasteiger partial charge in [-0.2, -0.15) is 5.21 Å². The molecule has 10 heteroatoms. The zero-order chi connectivity index (χ0) is 24.2. The number of aromatic amines is 1. The Morgan fingerprint density at radius 3 is 2.35 bits per heavy atom. The lowest BCUT2D eigenvalue weighted by Crippen LogP contribution is -2.41. The Bertz CT molecular complexity index is 1120. The van der Waals surface area contributed by atoms with Gasteiger partial charge in [-0.25, -0.2) is 4.79 Å². The molecule has 176 valence electrons. The first-order valence-corrected chi connectivity index (χ1v) is 11.1. The van der Waals surface area contributed by atoms with E-state index in [2.05, 4.69) is 25.9 Å². The number of alkyl carbamates (subject to hydrolysis) is 1. The molecular weight excluding hydrogens is 433 g/mol. The molecule has 0 bridgehead atoms. The summed E-state index contributed by atoms with van der Waals surface area (Å²) in [5, 5.41) is 16.8. The topological polar surface area (TPSA) is 111 Å². The Balaban J connectivity index is 1.48. The molecule has 1 aliphatic rings. The molecule has 3 aromatic rings. The Labute approximate surface area is 199 Å². The second-order valence-corrected chi connectivity index (χ2v) is 9.08. The molecule has 2 heterocycles. The number of aromatic nitrogens is 4. The summed E-state index contributed by atoms with van der Waals surface area (Å²) >= 11 is 0. The third-order valence-electron chi connectivity index (χ3n) is 6.07. The van der Waals surface area contributed by atoms with E-state index >= 15 is 0 Å². The van der Waals surface area contributed by atoms with Gasteiger partial charge in [0.25, 0.3) is 0 Å². The Morgan fingerprint density at radius 1 is 1.06 bits per heavy atom. The van der Waals surface area contributed by atoms with E-state index in [1.807, 2.05) is 88.4 Å². The monoisotopic (exact) mass is 461 g/mol. The van der Waals surface area contributed by atoms with Gasteiger partial charge in [0, 0.05) is 12.1 Å². The minimum Gasteiger partial charge on any atom is -0.445 e. The first-order valence-electron chi connectivity index (χ1n) is 11.1. The molecule has 0 radical (unpaired) electrons. The molecule has 2 N–H and O–H groups in total. The number of carbonyl (C=O) groups is 1. The van der Waals surface area contributed by atoms with E-state index in [1.54, 1.807) is 0 Å². The molecule has 0 saturated carbocycles. The first-order chi connectivity index (χ1) is 16.2. The molecule has 0 unspecified atom stereocenters. The highest BCUT2D eigenvalue weighted by atomic mass is 16.7. The third-order valence-corrected chi connectivity index (χ3v) is 6.07. The van der Waals surface area contributed by atoms with E-state index in [-0.39, 0.29) is 13.2 Å². The normalized spacial score (nSPS) is 16.9. The van der Waals surface area contributed by atoms with Crippen LogP contribution in [0.4, 0.5) is 4.79 Å². The fourth-order valence-corrected chi connectivity index (χ4v) is 3.37. The molecule has 0 spiro atoms. The largest absolute Gasteiger partial charge is 0.492 e. The molecule has 9 nitrogen and oxygen atoms in total. The zero-order valence-corrected chi connectivity index (χ0v) is 19.7. The molecule has 0 atom stereocenters. The van der Waals surface area contributed by atoms with Gasteiger partial charge in [0.15, 0.2) is 0 Å². The second kappa shape index (κ2) is 9.78. The van der Waals surface area contributed by atoms with Gasteiger partial charge < -0.3 is 19.4 Å². The number of carbonyl (C=O) groups excluding carboxylic acids is 1. The lowest BCUT2D eigenvalue weighted by atomic mass is 9.77. The van der Waals surface area contributed by atoms with E-state index in [9.17, 15) is 4.79 Å². The van der Waals surface area contributed by atoms with Crippen LogP contribution in [0.15, 0.2) is 60.1 Å². The number of H-pyrrole nitrogens is 1. The fourth-order valence-electron chi connectivity index (χ4n) is 3.37. The molecule has 34 heavy (non-hydrogen) atoms. The van der Waals surface area contributed by atoms with Crippen LogP contribution in [-0.4, -0.2) is 51.6 Å². The maximum Gasteiger partial charge on any atom is 0.492 e. The van der Waals surface area contributed by atoms with Gasteiger partial charge >= 0.3 is 13.2 Å². The number of hydrogen-bond donors (Lipinski definition) is 2. The summed E-state index contributed by atoms with van der Waals surface area (Å²) in [6.07, 6.45) is 1.43. The SMILES string of the molecule is CC1(C)OB(C(=Cc2ccc(-c3nn[nH]n3)cc2)CNC(=O)OCc2ccccc2)OC1(C)C. The molecule has 1 fully saturated rings. The van der Waals surface area contributed by atoms with E-state index in [0.29, 0.717) is 5.82 Å². The number of rotatable bonds is 7. The summed E-state index contributed by atoms with van der Waals surface area (Å²) in [7, 11) is -0.615. The molecule has 2 aromatic carbocycles. The average Bonchev–Trinajstić information content (AvgIpc) is 3.42. The number of nitrogens with zero attached hydrogens (tertiary/aromatic N) is 3. The van der Waals surface area contributed by atoms with Gasteiger partial charge in [-0.05, 0) is 49.5 Å². The van der Waals surface area contributed by atoms with Gasteiger partial charge in [-0.3, -0.25) is 0 Å². The minimum absolute atomic E-state index is 0.194. The Hall–Kier alpha value is -3.50. The van der Waals surface area contributed by atoms with E-state index in [4.69, 9.17) is 14.0 Å². The van der Waals surface area contributed by atoms with Crippen molar-refractivity contribution in [2.24, 2.45) is 0 Å². The van der Waals surface area contributed by atoms with Crippen LogP contribution in [0.5, 0.6) is 0 Å². The maximum absolute atomic E-state index is 12.4. The minimum atomic E-state index is -0.615. The van der Waals surface area contributed by atoms with Crippen LogP contribution >= 0.6 is 0 Å². The summed E-state index contributed by atoms with van der Waals surface area (Å²) in [6.45, 7) is 8.37. The lowest BCUT2D eigenvalue weighted by Gasteiger charge is -2.32. The number of tetrazole rings is 1. The molecule has 1 amide bonds. The summed E-state index contributed by atoms with van der Waals surface area (Å²) in [4.78, 5) is 12.4. The maximum atomic E-state index is 12.4. The van der Waals surface area contributed by atoms with Crippen LogP contribution in [0.3, 0.4) is 0 Å².